The zero-order valence-electron chi connectivity index (χ0n) is 12.2. The average Bonchev–Trinajstić information content (AvgIpc) is 2.83. The lowest BCUT2D eigenvalue weighted by Gasteiger charge is -2.27. The lowest BCUT2D eigenvalue weighted by molar-refractivity contribution is -0.161. The van der Waals surface area contributed by atoms with E-state index in [0.29, 0.717) is 11.8 Å². The van der Waals surface area contributed by atoms with Crippen LogP contribution in [0, 0.1) is 17.8 Å². The Hall–Kier alpha value is -0.830. The minimum Gasteiger partial charge on any atom is -0.457 e. The quantitative estimate of drug-likeness (QED) is 0.449. The summed E-state index contributed by atoms with van der Waals surface area (Å²) in [6, 6.07) is 0. The summed E-state index contributed by atoms with van der Waals surface area (Å²) in [6.45, 7) is 2.13. The van der Waals surface area contributed by atoms with E-state index in [1.807, 2.05) is 0 Å². The van der Waals surface area contributed by atoms with Crippen LogP contribution in [0.25, 0.3) is 0 Å². The van der Waals surface area contributed by atoms with E-state index in [1.165, 1.54) is 25.7 Å². The van der Waals surface area contributed by atoms with Crippen molar-refractivity contribution in [2.75, 3.05) is 0 Å². The van der Waals surface area contributed by atoms with Crippen LogP contribution in [0.5, 0.6) is 0 Å². The van der Waals surface area contributed by atoms with Crippen molar-refractivity contribution in [3.63, 3.8) is 0 Å². The number of esters is 1. The summed E-state index contributed by atoms with van der Waals surface area (Å²) >= 11 is 0. The Morgan fingerprint density at radius 2 is 2.10 bits per heavy atom. The molecular formula is C17H24O3. The van der Waals surface area contributed by atoms with Crippen molar-refractivity contribution in [3.8, 4) is 0 Å². The summed E-state index contributed by atoms with van der Waals surface area (Å²) < 4.78 is 11.6. The van der Waals surface area contributed by atoms with Gasteiger partial charge in [-0.1, -0.05) is 19.1 Å². The number of carbonyl (C=O) groups excluding carboxylic acids is 1. The molecular weight excluding hydrogens is 252 g/mol. The standard InChI is InChI=1S/C17H24O3/c1-2-17(7-3-4-8-17)20-16(18)15-14(19-15)13-10-11-5-6-12(13)9-11/h5-6,11-15H,2-4,7-10H2,1H3. The molecule has 4 rings (SSSR count). The van der Waals surface area contributed by atoms with Crippen molar-refractivity contribution in [2.24, 2.45) is 17.8 Å². The molecule has 5 atom stereocenters. The molecule has 0 spiro atoms. The maximum atomic E-state index is 12.3. The average molecular weight is 276 g/mol. The molecule has 1 aliphatic heterocycles. The largest absolute Gasteiger partial charge is 0.457 e. The summed E-state index contributed by atoms with van der Waals surface area (Å²) in [5, 5.41) is 0. The summed E-state index contributed by atoms with van der Waals surface area (Å²) in [7, 11) is 0. The fraction of sp³-hybridized carbons (Fsp3) is 0.824. The first-order valence-electron chi connectivity index (χ1n) is 8.27. The van der Waals surface area contributed by atoms with E-state index in [9.17, 15) is 4.79 Å². The van der Waals surface area contributed by atoms with E-state index in [1.54, 1.807) is 0 Å². The van der Waals surface area contributed by atoms with Crippen LogP contribution in [0.4, 0.5) is 0 Å². The summed E-state index contributed by atoms with van der Waals surface area (Å²) in [5.74, 6) is 1.85. The third-order valence-corrected chi connectivity index (χ3v) is 5.99. The van der Waals surface area contributed by atoms with Crippen LogP contribution in [0.1, 0.15) is 51.9 Å². The molecule has 20 heavy (non-hydrogen) atoms. The number of rotatable bonds is 4. The Morgan fingerprint density at radius 1 is 1.30 bits per heavy atom. The molecule has 0 amide bonds. The van der Waals surface area contributed by atoms with Gasteiger partial charge in [0.1, 0.15) is 5.60 Å². The van der Waals surface area contributed by atoms with E-state index in [0.717, 1.165) is 25.2 Å². The zero-order chi connectivity index (χ0) is 13.7. The number of hydrogen-bond donors (Lipinski definition) is 0. The van der Waals surface area contributed by atoms with Crippen molar-refractivity contribution >= 4 is 5.97 Å². The Labute approximate surface area is 120 Å². The molecule has 3 heteroatoms. The predicted octanol–water partition coefficient (Wildman–Crippen LogP) is 3.23. The van der Waals surface area contributed by atoms with E-state index < -0.39 is 0 Å². The highest BCUT2D eigenvalue weighted by molar-refractivity contribution is 5.78. The van der Waals surface area contributed by atoms with Crippen molar-refractivity contribution in [1.82, 2.24) is 0 Å². The van der Waals surface area contributed by atoms with E-state index in [-0.39, 0.29) is 23.8 Å². The molecule has 3 nitrogen and oxygen atoms in total. The SMILES string of the molecule is CCC1(OC(=O)C2OC2C2CC3C=CC2C3)CCCC1. The van der Waals surface area contributed by atoms with Crippen LogP contribution in [-0.2, 0) is 14.3 Å². The molecule has 1 heterocycles. The van der Waals surface area contributed by atoms with Gasteiger partial charge in [-0.3, -0.25) is 0 Å². The Bertz CT molecular complexity index is 436. The van der Waals surface area contributed by atoms with Crippen molar-refractivity contribution in [2.45, 2.75) is 69.7 Å². The highest BCUT2D eigenvalue weighted by Crippen LogP contribution is 2.50. The molecule has 0 N–H and O–H groups in total. The maximum Gasteiger partial charge on any atom is 0.338 e. The Morgan fingerprint density at radius 3 is 2.70 bits per heavy atom. The van der Waals surface area contributed by atoms with Crippen LogP contribution in [0.3, 0.4) is 0 Å². The van der Waals surface area contributed by atoms with Gasteiger partial charge in [-0.2, -0.15) is 0 Å². The van der Waals surface area contributed by atoms with Gasteiger partial charge in [0.15, 0.2) is 6.10 Å². The number of epoxide rings is 1. The minimum absolute atomic E-state index is 0.0921. The number of carbonyl (C=O) groups is 1. The second-order valence-corrected chi connectivity index (χ2v) is 7.13. The molecule has 2 bridgehead atoms. The normalized spacial score (nSPS) is 44.0. The van der Waals surface area contributed by atoms with Gasteiger partial charge in [0.05, 0.1) is 6.10 Å². The number of ether oxygens (including phenoxy) is 2. The highest BCUT2D eigenvalue weighted by atomic mass is 16.6. The summed E-state index contributed by atoms with van der Waals surface area (Å²) in [5.41, 5.74) is -0.178. The lowest BCUT2D eigenvalue weighted by Crippen LogP contribution is -2.34. The molecule has 110 valence electrons. The Balaban J connectivity index is 1.36. The molecule has 4 aliphatic rings. The molecule has 3 fully saturated rings. The summed E-state index contributed by atoms with van der Waals surface area (Å²) in [6.07, 6.45) is 12.4. The van der Waals surface area contributed by atoms with Crippen LogP contribution in [-0.4, -0.2) is 23.8 Å². The fourth-order valence-electron chi connectivity index (χ4n) is 4.66. The molecule has 3 aliphatic carbocycles. The number of allylic oxidation sites excluding steroid dienone is 2. The zero-order valence-corrected chi connectivity index (χ0v) is 12.2. The first kappa shape index (κ1) is 12.9. The second kappa shape index (κ2) is 4.59. The Kier molecular flexibility index (Phi) is 2.95. The van der Waals surface area contributed by atoms with Crippen molar-refractivity contribution in [3.05, 3.63) is 12.2 Å². The van der Waals surface area contributed by atoms with Crippen LogP contribution in [0.15, 0.2) is 12.2 Å². The predicted molar refractivity (Wildman–Crippen MR) is 75.1 cm³/mol. The van der Waals surface area contributed by atoms with Gasteiger partial charge in [-0.25, -0.2) is 4.79 Å². The van der Waals surface area contributed by atoms with Gasteiger partial charge in [0, 0.05) is 0 Å². The molecule has 5 unspecified atom stereocenters. The molecule has 0 aromatic carbocycles. The van der Waals surface area contributed by atoms with Crippen LogP contribution >= 0.6 is 0 Å². The monoisotopic (exact) mass is 276 g/mol. The van der Waals surface area contributed by atoms with Gasteiger partial charge in [-0.05, 0) is 62.7 Å². The van der Waals surface area contributed by atoms with E-state index >= 15 is 0 Å². The maximum absolute atomic E-state index is 12.3. The van der Waals surface area contributed by atoms with Gasteiger partial charge < -0.3 is 9.47 Å². The van der Waals surface area contributed by atoms with Gasteiger partial charge in [0.2, 0.25) is 0 Å². The lowest BCUT2D eigenvalue weighted by atomic mass is 9.89. The van der Waals surface area contributed by atoms with Crippen molar-refractivity contribution in [1.29, 1.82) is 0 Å². The third kappa shape index (κ3) is 2.02. The van der Waals surface area contributed by atoms with Gasteiger partial charge >= 0.3 is 5.97 Å². The molecule has 0 aromatic heterocycles. The topological polar surface area (TPSA) is 38.8 Å². The smallest absolute Gasteiger partial charge is 0.338 e. The van der Waals surface area contributed by atoms with Gasteiger partial charge in [-0.15, -0.1) is 0 Å². The first-order valence-corrected chi connectivity index (χ1v) is 8.27. The number of fused-ring (bicyclic) bond motifs is 2. The van der Waals surface area contributed by atoms with Gasteiger partial charge in [0.25, 0.3) is 0 Å². The third-order valence-electron chi connectivity index (χ3n) is 5.99. The molecule has 0 radical (unpaired) electrons. The van der Waals surface area contributed by atoms with Crippen molar-refractivity contribution < 1.29 is 14.3 Å². The van der Waals surface area contributed by atoms with E-state index in [4.69, 9.17) is 9.47 Å². The minimum atomic E-state index is -0.267. The second-order valence-electron chi connectivity index (χ2n) is 7.13. The molecule has 0 aromatic rings. The van der Waals surface area contributed by atoms with E-state index in [2.05, 4.69) is 19.1 Å². The molecule has 2 saturated carbocycles. The van der Waals surface area contributed by atoms with Crippen LogP contribution < -0.4 is 0 Å². The fourth-order valence-corrected chi connectivity index (χ4v) is 4.66. The number of hydrogen-bond acceptors (Lipinski definition) is 3. The van der Waals surface area contributed by atoms with Crippen LogP contribution in [0.2, 0.25) is 0 Å². The molecule has 1 saturated heterocycles. The summed E-state index contributed by atoms with van der Waals surface area (Å²) in [4.78, 5) is 12.3. The highest BCUT2D eigenvalue weighted by Gasteiger charge is 2.56. The first-order chi connectivity index (χ1) is 9.71.